The Kier molecular flexibility index (Phi) is 3.84. The lowest BCUT2D eigenvalue weighted by molar-refractivity contribution is -0.140. The Morgan fingerprint density at radius 2 is 1.78 bits per heavy atom. The molecule has 4 rings (SSSR count). The molecule has 2 amide bonds. The molecule has 134 valence electrons. The molecule has 1 atom stereocenters. The number of carboxylic acid groups (broad SMARTS) is 1. The second-order valence-electron chi connectivity index (χ2n) is 6.27. The van der Waals surface area contributed by atoms with E-state index in [1.54, 1.807) is 24.3 Å². The van der Waals surface area contributed by atoms with Gasteiger partial charge >= 0.3 is 5.97 Å². The molecule has 0 bridgehead atoms. The van der Waals surface area contributed by atoms with E-state index in [9.17, 15) is 14.4 Å². The van der Waals surface area contributed by atoms with Crippen molar-refractivity contribution in [3.8, 4) is 0 Å². The SMILES string of the molecule is O=C(O)/C=C/C(=O)N1N=C(c2ccccc2)C[C@]12C(=O)Nc1ccccc12. The van der Waals surface area contributed by atoms with E-state index in [-0.39, 0.29) is 12.3 Å². The molecule has 0 aromatic heterocycles. The van der Waals surface area contributed by atoms with Gasteiger partial charge in [-0.25, -0.2) is 9.80 Å². The number of rotatable bonds is 3. The van der Waals surface area contributed by atoms with Crippen LogP contribution in [-0.4, -0.2) is 33.6 Å². The second-order valence-corrected chi connectivity index (χ2v) is 6.27. The van der Waals surface area contributed by atoms with Crippen molar-refractivity contribution < 1.29 is 19.5 Å². The van der Waals surface area contributed by atoms with Gasteiger partial charge in [0, 0.05) is 29.8 Å². The first kappa shape index (κ1) is 16.7. The predicted octanol–water partition coefficient (Wildman–Crippen LogP) is 2.11. The molecule has 2 heterocycles. The van der Waals surface area contributed by atoms with Gasteiger partial charge in [-0.3, -0.25) is 9.59 Å². The van der Waals surface area contributed by atoms with Gasteiger partial charge in [0.2, 0.25) is 0 Å². The Morgan fingerprint density at radius 3 is 2.52 bits per heavy atom. The summed E-state index contributed by atoms with van der Waals surface area (Å²) < 4.78 is 0. The van der Waals surface area contributed by atoms with Gasteiger partial charge in [-0.15, -0.1) is 0 Å². The van der Waals surface area contributed by atoms with Crippen LogP contribution in [0.5, 0.6) is 0 Å². The van der Waals surface area contributed by atoms with Gasteiger partial charge in [0.15, 0.2) is 5.54 Å². The van der Waals surface area contributed by atoms with E-state index < -0.39 is 17.4 Å². The Hall–Kier alpha value is -3.74. The molecule has 7 heteroatoms. The Balaban J connectivity index is 1.84. The van der Waals surface area contributed by atoms with Crippen molar-refractivity contribution in [2.24, 2.45) is 5.10 Å². The summed E-state index contributed by atoms with van der Waals surface area (Å²) >= 11 is 0. The monoisotopic (exact) mass is 361 g/mol. The van der Waals surface area contributed by atoms with Crippen molar-refractivity contribution in [3.05, 3.63) is 77.9 Å². The highest BCUT2D eigenvalue weighted by atomic mass is 16.4. The van der Waals surface area contributed by atoms with E-state index in [0.29, 0.717) is 17.0 Å². The van der Waals surface area contributed by atoms with Crippen LogP contribution in [0.3, 0.4) is 0 Å². The first-order valence-corrected chi connectivity index (χ1v) is 8.31. The Labute approximate surface area is 154 Å². The lowest BCUT2D eigenvalue weighted by Gasteiger charge is -2.29. The molecule has 0 saturated heterocycles. The summed E-state index contributed by atoms with van der Waals surface area (Å²) in [7, 11) is 0. The third-order valence-electron chi connectivity index (χ3n) is 4.69. The molecule has 1 spiro atoms. The van der Waals surface area contributed by atoms with Crippen LogP contribution >= 0.6 is 0 Å². The average molecular weight is 361 g/mol. The fourth-order valence-electron chi connectivity index (χ4n) is 3.49. The van der Waals surface area contributed by atoms with Crippen LogP contribution in [0.2, 0.25) is 0 Å². The van der Waals surface area contributed by atoms with Crippen molar-refractivity contribution in [2.45, 2.75) is 12.0 Å². The molecule has 0 fully saturated rings. The number of carbonyl (C=O) groups is 3. The lowest BCUT2D eigenvalue weighted by atomic mass is 9.85. The highest BCUT2D eigenvalue weighted by Crippen LogP contribution is 2.47. The smallest absolute Gasteiger partial charge is 0.328 e. The van der Waals surface area contributed by atoms with Crippen molar-refractivity contribution in [1.82, 2.24) is 5.01 Å². The zero-order valence-electron chi connectivity index (χ0n) is 14.1. The lowest BCUT2D eigenvalue weighted by Crippen LogP contribution is -2.48. The maximum atomic E-state index is 13.0. The standard InChI is InChI=1S/C20H15N3O4/c24-17(10-11-18(25)26)23-20(12-16(22-23)13-6-2-1-3-7-13)14-8-4-5-9-15(14)21-19(20)27/h1-11H,12H2,(H,21,27)(H,25,26)/b11-10+/t20-/m0/s1. The summed E-state index contributed by atoms with van der Waals surface area (Å²) in [5.41, 5.74) is 1.31. The highest BCUT2D eigenvalue weighted by Gasteiger charge is 2.57. The first-order valence-electron chi connectivity index (χ1n) is 8.31. The number of amides is 2. The van der Waals surface area contributed by atoms with E-state index >= 15 is 0 Å². The number of benzene rings is 2. The van der Waals surface area contributed by atoms with E-state index in [4.69, 9.17) is 5.11 Å². The molecule has 27 heavy (non-hydrogen) atoms. The number of hydrazone groups is 1. The number of fused-ring (bicyclic) bond motifs is 2. The largest absolute Gasteiger partial charge is 0.478 e. The number of nitrogens with one attached hydrogen (secondary N) is 1. The maximum Gasteiger partial charge on any atom is 0.328 e. The van der Waals surface area contributed by atoms with Gasteiger partial charge in [-0.1, -0.05) is 48.5 Å². The first-order chi connectivity index (χ1) is 13.0. The summed E-state index contributed by atoms with van der Waals surface area (Å²) in [6.07, 6.45) is 1.85. The fourth-order valence-corrected chi connectivity index (χ4v) is 3.49. The third-order valence-corrected chi connectivity index (χ3v) is 4.69. The third kappa shape index (κ3) is 2.60. The molecule has 0 saturated carbocycles. The van der Waals surface area contributed by atoms with Gasteiger partial charge in [0.1, 0.15) is 0 Å². The van der Waals surface area contributed by atoms with Crippen LogP contribution in [0.1, 0.15) is 17.5 Å². The van der Waals surface area contributed by atoms with Crippen LogP contribution in [0.25, 0.3) is 0 Å². The van der Waals surface area contributed by atoms with Crippen molar-refractivity contribution in [1.29, 1.82) is 0 Å². The minimum Gasteiger partial charge on any atom is -0.478 e. The van der Waals surface area contributed by atoms with Crippen LogP contribution in [0.15, 0.2) is 71.9 Å². The van der Waals surface area contributed by atoms with Crippen molar-refractivity contribution in [2.75, 3.05) is 5.32 Å². The Morgan fingerprint density at radius 1 is 1.07 bits per heavy atom. The molecular formula is C20H15N3O4. The van der Waals surface area contributed by atoms with E-state index in [1.807, 2.05) is 30.3 Å². The normalized spacial score (nSPS) is 20.7. The van der Waals surface area contributed by atoms with Crippen molar-refractivity contribution >= 4 is 29.2 Å². The summed E-state index contributed by atoms with van der Waals surface area (Å²) in [4.78, 5) is 36.5. The van der Waals surface area contributed by atoms with Gasteiger partial charge in [-0.05, 0) is 11.6 Å². The average Bonchev–Trinajstić information content (AvgIpc) is 3.21. The summed E-state index contributed by atoms with van der Waals surface area (Å²) in [6.45, 7) is 0. The summed E-state index contributed by atoms with van der Waals surface area (Å²) in [5, 5.41) is 17.1. The van der Waals surface area contributed by atoms with Crippen LogP contribution in [0, 0.1) is 0 Å². The van der Waals surface area contributed by atoms with Gasteiger partial charge in [0.05, 0.1) is 5.71 Å². The summed E-state index contributed by atoms with van der Waals surface area (Å²) in [5.74, 6) is -2.29. The number of para-hydroxylation sites is 1. The van der Waals surface area contributed by atoms with E-state index in [1.165, 1.54) is 0 Å². The number of carbonyl (C=O) groups excluding carboxylic acids is 2. The molecule has 0 aliphatic carbocycles. The zero-order chi connectivity index (χ0) is 19.0. The van der Waals surface area contributed by atoms with Gasteiger partial charge < -0.3 is 10.4 Å². The molecule has 0 unspecified atom stereocenters. The van der Waals surface area contributed by atoms with Crippen LogP contribution in [-0.2, 0) is 19.9 Å². The van der Waals surface area contributed by atoms with Crippen LogP contribution in [0.4, 0.5) is 5.69 Å². The second kappa shape index (κ2) is 6.21. The fraction of sp³-hybridized carbons (Fsp3) is 0.100. The topological polar surface area (TPSA) is 99.1 Å². The van der Waals surface area contributed by atoms with Gasteiger partial charge in [-0.2, -0.15) is 5.10 Å². The molecule has 7 nitrogen and oxygen atoms in total. The van der Waals surface area contributed by atoms with E-state index in [0.717, 1.165) is 22.7 Å². The molecular weight excluding hydrogens is 346 g/mol. The number of aliphatic carboxylic acids is 1. The molecule has 2 aliphatic rings. The predicted molar refractivity (Wildman–Crippen MR) is 98.0 cm³/mol. The number of carboxylic acids is 1. The highest BCUT2D eigenvalue weighted by molar-refractivity contribution is 6.15. The number of anilines is 1. The molecule has 2 aromatic carbocycles. The molecule has 2 N–H and O–H groups in total. The van der Waals surface area contributed by atoms with E-state index in [2.05, 4.69) is 10.4 Å². The maximum absolute atomic E-state index is 13.0. The number of hydrogen-bond acceptors (Lipinski definition) is 4. The Bertz CT molecular complexity index is 1010. The minimum atomic E-state index is -1.33. The molecule has 2 aliphatic heterocycles. The quantitative estimate of drug-likeness (QED) is 0.818. The van der Waals surface area contributed by atoms with Gasteiger partial charge in [0.25, 0.3) is 11.8 Å². The van der Waals surface area contributed by atoms with Crippen LogP contribution < -0.4 is 5.32 Å². The zero-order valence-corrected chi connectivity index (χ0v) is 14.1. The molecule has 0 radical (unpaired) electrons. The minimum absolute atomic E-state index is 0.201. The molecule has 2 aromatic rings. The number of hydrogen-bond donors (Lipinski definition) is 2. The summed E-state index contributed by atoms with van der Waals surface area (Å²) in [6, 6.07) is 16.4. The number of nitrogens with zero attached hydrogens (tertiary/aromatic N) is 2. The van der Waals surface area contributed by atoms with Crippen molar-refractivity contribution in [3.63, 3.8) is 0 Å².